The van der Waals surface area contributed by atoms with E-state index in [4.69, 9.17) is 21.1 Å². The van der Waals surface area contributed by atoms with Crippen LogP contribution in [0.4, 0.5) is 0 Å². The Balaban J connectivity index is 1.59. The van der Waals surface area contributed by atoms with Crippen molar-refractivity contribution in [2.45, 2.75) is 4.90 Å². The van der Waals surface area contributed by atoms with E-state index in [9.17, 15) is 4.79 Å². The lowest BCUT2D eigenvalue weighted by Gasteiger charge is -2.26. The van der Waals surface area contributed by atoms with Gasteiger partial charge in [0.1, 0.15) is 6.61 Å². The highest BCUT2D eigenvalue weighted by atomic mass is 35.5. The summed E-state index contributed by atoms with van der Waals surface area (Å²) in [5, 5.41) is 0.697. The van der Waals surface area contributed by atoms with Crippen LogP contribution in [0, 0.1) is 0 Å². The molecule has 1 aliphatic heterocycles. The average Bonchev–Trinajstić information content (AvgIpc) is 2.48. The Morgan fingerprint density at radius 1 is 1.30 bits per heavy atom. The fraction of sp³-hybridized carbons (Fsp3) is 0.500. The molecule has 0 atom stereocenters. The van der Waals surface area contributed by atoms with Crippen LogP contribution in [0.2, 0.25) is 5.02 Å². The van der Waals surface area contributed by atoms with E-state index in [-0.39, 0.29) is 5.97 Å². The van der Waals surface area contributed by atoms with Crippen molar-refractivity contribution in [2.75, 3.05) is 45.2 Å². The molecule has 1 aromatic carbocycles. The molecule has 0 saturated carbocycles. The highest BCUT2D eigenvalue weighted by molar-refractivity contribution is 8.00. The van der Waals surface area contributed by atoms with Crippen molar-refractivity contribution >= 4 is 29.3 Å². The molecule has 0 bridgehead atoms. The Hall–Kier alpha value is -0.750. The van der Waals surface area contributed by atoms with Crippen LogP contribution < -0.4 is 0 Å². The van der Waals surface area contributed by atoms with Gasteiger partial charge in [0.15, 0.2) is 0 Å². The molecular formula is C14H18ClNO3S. The quantitative estimate of drug-likeness (QED) is 0.595. The summed E-state index contributed by atoms with van der Waals surface area (Å²) in [6, 6.07) is 7.42. The van der Waals surface area contributed by atoms with Crippen LogP contribution in [0.15, 0.2) is 29.2 Å². The Kier molecular flexibility index (Phi) is 6.66. The van der Waals surface area contributed by atoms with Crippen LogP contribution in [0.25, 0.3) is 0 Å². The summed E-state index contributed by atoms with van der Waals surface area (Å²) in [6.07, 6.45) is 0. The maximum Gasteiger partial charge on any atom is 0.316 e. The van der Waals surface area contributed by atoms with Crippen LogP contribution in [-0.4, -0.2) is 56.1 Å². The molecule has 0 radical (unpaired) electrons. The van der Waals surface area contributed by atoms with Gasteiger partial charge in [0.05, 0.1) is 19.0 Å². The SMILES string of the molecule is O=C(CSc1ccc(Cl)cc1)OCCN1CCOCC1. The second-order valence-electron chi connectivity index (χ2n) is 4.42. The molecule has 0 spiro atoms. The highest BCUT2D eigenvalue weighted by Gasteiger charge is 2.11. The van der Waals surface area contributed by atoms with E-state index in [0.29, 0.717) is 17.4 Å². The molecule has 1 aromatic rings. The molecule has 6 heteroatoms. The van der Waals surface area contributed by atoms with Gasteiger partial charge in [0.2, 0.25) is 0 Å². The molecule has 110 valence electrons. The lowest BCUT2D eigenvalue weighted by atomic mass is 10.4. The molecule has 2 rings (SSSR count). The minimum Gasteiger partial charge on any atom is -0.464 e. The number of carbonyl (C=O) groups excluding carboxylic acids is 1. The number of rotatable bonds is 6. The fourth-order valence-corrected chi connectivity index (χ4v) is 2.65. The molecule has 1 heterocycles. The number of hydrogen-bond donors (Lipinski definition) is 0. The van der Waals surface area contributed by atoms with Crippen LogP contribution in [0.3, 0.4) is 0 Å². The molecule has 1 aliphatic rings. The fourth-order valence-electron chi connectivity index (χ4n) is 1.83. The zero-order valence-corrected chi connectivity index (χ0v) is 12.8. The molecule has 1 fully saturated rings. The van der Waals surface area contributed by atoms with Crippen molar-refractivity contribution in [3.63, 3.8) is 0 Å². The van der Waals surface area contributed by atoms with Crippen molar-refractivity contribution in [3.05, 3.63) is 29.3 Å². The summed E-state index contributed by atoms with van der Waals surface area (Å²) in [4.78, 5) is 14.9. The highest BCUT2D eigenvalue weighted by Crippen LogP contribution is 2.20. The molecule has 0 aliphatic carbocycles. The number of hydrogen-bond acceptors (Lipinski definition) is 5. The molecule has 0 aromatic heterocycles. The molecule has 1 saturated heterocycles. The van der Waals surface area contributed by atoms with Crippen molar-refractivity contribution < 1.29 is 14.3 Å². The average molecular weight is 316 g/mol. The van der Waals surface area contributed by atoms with Gasteiger partial charge in [0.25, 0.3) is 0 Å². The van der Waals surface area contributed by atoms with Crippen molar-refractivity contribution in [1.82, 2.24) is 4.90 Å². The number of ether oxygens (including phenoxy) is 2. The molecule has 0 N–H and O–H groups in total. The molecule has 0 unspecified atom stereocenters. The van der Waals surface area contributed by atoms with Crippen molar-refractivity contribution in [1.29, 1.82) is 0 Å². The molecule has 20 heavy (non-hydrogen) atoms. The first-order valence-corrected chi connectivity index (χ1v) is 7.94. The third-order valence-electron chi connectivity index (χ3n) is 2.94. The first-order chi connectivity index (χ1) is 9.74. The van der Waals surface area contributed by atoms with Gasteiger partial charge in [-0.3, -0.25) is 9.69 Å². The van der Waals surface area contributed by atoms with Gasteiger partial charge in [-0.25, -0.2) is 0 Å². The number of esters is 1. The summed E-state index contributed by atoms with van der Waals surface area (Å²) in [5.41, 5.74) is 0. The molecular weight excluding hydrogens is 298 g/mol. The second kappa shape index (κ2) is 8.52. The zero-order chi connectivity index (χ0) is 14.2. The van der Waals surface area contributed by atoms with E-state index in [1.165, 1.54) is 11.8 Å². The van der Waals surface area contributed by atoms with E-state index in [1.807, 2.05) is 24.3 Å². The molecule has 0 amide bonds. The van der Waals surface area contributed by atoms with E-state index in [0.717, 1.165) is 37.7 Å². The van der Waals surface area contributed by atoms with E-state index in [2.05, 4.69) is 4.90 Å². The van der Waals surface area contributed by atoms with Crippen LogP contribution in [-0.2, 0) is 14.3 Å². The zero-order valence-electron chi connectivity index (χ0n) is 11.2. The molecule has 4 nitrogen and oxygen atoms in total. The minimum absolute atomic E-state index is 0.182. The Morgan fingerprint density at radius 3 is 2.70 bits per heavy atom. The van der Waals surface area contributed by atoms with Crippen molar-refractivity contribution in [2.24, 2.45) is 0 Å². The van der Waals surface area contributed by atoms with Gasteiger partial charge >= 0.3 is 5.97 Å². The number of thioether (sulfide) groups is 1. The number of carbonyl (C=O) groups is 1. The summed E-state index contributed by atoms with van der Waals surface area (Å²) in [5.74, 6) is 0.142. The Bertz CT molecular complexity index is 421. The third-order valence-corrected chi connectivity index (χ3v) is 4.18. The van der Waals surface area contributed by atoms with Gasteiger partial charge in [-0.15, -0.1) is 11.8 Å². The summed E-state index contributed by atoms with van der Waals surface area (Å²) in [7, 11) is 0. The van der Waals surface area contributed by atoms with E-state index < -0.39 is 0 Å². The predicted octanol–water partition coefficient (Wildman–Crippen LogP) is 2.31. The van der Waals surface area contributed by atoms with E-state index >= 15 is 0 Å². The smallest absolute Gasteiger partial charge is 0.316 e. The van der Waals surface area contributed by atoms with Gasteiger partial charge < -0.3 is 9.47 Å². The third kappa shape index (κ3) is 5.71. The first-order valence-electron chi connectivity index (χ1n) is 6.58. The predicted molar refractivity (Wildman–Crippen MR) is 80.4 cm³/mol. The van der Waals surface area contributed by atoms with Gasteiger partial charge in [0, 0.05) is 29.6 Å². The normalized spacial score (nSPS) is 16.1. The summed E-state index contributed by atoms with van der Waals surface area (Å²) < 4.78 is 10.5. The van der Waals surface area contributed by atoms with Gasteiger partial charge in [-0.1, -0.05) is 11.6 Å². The topological polar surface area (TPSA) is 38.8 Å². The number of morpholine rings is 1. The largest absolute Gasteiger partial charge is 0.464 e. The van der Waals surface area contributed by atoms with Crippen LogP contribution >= 0.6 is 23.4 Å². The Morgan fingerprint density at radius 2 is 2.00 bits per heavy atom. The second-order valence-corrected chi connectivity index (χ2v) is 5.90. The maximum absolute atomic E-state index is 11.6. The van der Waals surface area contributed by atoms with E-state index in [1.54, 1.807) is 0 Å². The van der Waals surface area contributed by atoms with Crippen LogP contribution in [0.5, 0.6) is 0 Å². The Labute approximate surface area is 128 Å². The maximum atomic E-state index is 11.6. The monoisotopic (exact) mass is 315 g/mol. The van der Waals surface area contributed by atoms with Gasteiger partial charge in [-0.05, 0) is 24.3 Å². The van der Waals surface area contributed by atoms with Gasteiger partial charge in [-0.2, -0.15) is 0 Å². The number of halogens is 1. The lowest BCUT2D eigenvalue weighted by Crippen LogP contribution is -2.38. The number of nitrogens with zero attached hydrogens (tertiary/aromatic N) is 1. The van der Waals surface area contributed by atoms with Crippen LogP contribution in [0.1, 0.15) is 0 Å². The number of benzene rings is 1. The first kappa shape index (κ1) is 15.6. The summed E-state index contributed by atoms with van der Waals surface area (Å²) in [6.45, 7) is 4.58. The lowest BCUT2D eigenvalue weighted by molar-refractivity contribution is -0.141. The standard InChI is InChI=1S/C14H18ClNO3S/c15-12-1-3-13(4-2-12)20-11-14(17)19-10-7-16-5-8-18-9-6-16/h1-4H,5-11H2. The minimum atomic E-state index is -0.182. The summed E-state index contributed by atoms with van der Waals surface area (Å²) >= 11 is 7.26. The van der Waals surface area contributed by atoms with Crippen molar-refractivity contribution in [3.8, 4) is 0 Å².